The zero-order chi connectivity index (χ0) is 37.0. The normalized spacial score (nSPS) is 16.0. The molecule has 1 aliphatic carbocycles. The molecule has 5 heteroatoms. The molecule has 1 aliphatic rings. The number of hydrogen-bond acceptors (Lipinski definition) is 4. The number of allylic oxidation sites excluding steroid dienone is 2. The van der Waals surface area contributed by atoms with E-state index in [0.29, 0.717) is 11.7 Å². The smallest absolute Gasteiger partial charge is 0.0909 e. The van der Waals surface area contributed by atoms with Gasteiger partial charge in [-0.2, -0.15) is 0 Å². The number of benzene rings is 4. The van der Waals surface area contributed by atoms with Gasteiger partial charge in [-0.1, -0.05) is 110 Å². The van der Waals surface area contributed by atoms with E-state index in [1.54, 1.807) is 18.6 Å². The van der Waals surface area contributed by atoms with Crippen LogP contribution >= 0.6 is 11.3 Å². The molecule has 0 amide bonds. The van der Waals surface area contributed by atoms with Crippen molar-refractivity contribution in [2.45, 2.75) is 118 Å². The predicted molar refractivity (Wildman–Crippen MR) is 224 cm³/mol. The number of aromatic nitrogens is 1. The first-order chi connectivity index (χ1) is 23.9. The molecule has 0 spiro atoms. The Hall–Kier alpha value is -3.37. The molecule has 275 valence electrons. The number of pyridine rings is 1. The van der Waals surface area contributed by atoms with E-state index in [9.17, 15) is 0 Å². The van der Waals surface area contributed by atoms with Crippen LogP contribution in [0.4, 0.5) is 0 Å². The molecule has 4 aromatic carbocycles. The molecule has 0 fully saturated rings. The van der Waals surface area contributed by atoms with Gasteiger partial charge in [0.05, 0.1) is 5.76 Å². The van der Waals surface area contributed by atoms with Gasteiger partial charge in [-0.15, -0.1) is 40.5 Å². The van der Waals surface area contributed by atoms with E-state index < -0.39 is 0 Å². The average Bonchev–Trinajstić information content (AvgIpc) is 3.41. The standard InChI is InChI=1S/C37H36NS.C10H19NO.Ir/c1-35(2,3)30-19-24(18-22-10-8-9-11-25(22)30)33-27-21-28-26-12-13-29-32(37(6,7)16-15-36(29,4)5)34(26)39-31(28)20-23(27)14-17-38-33;1-7(2)10(6-9(5)12)11-8(3)4;/h8-14,17,19-21H,15-16H2,1-7H3;6-8,12H,1-5H3;/q-1;;/b;9-6-,11-10?;. The van der Waals surface area contributed by atoms with Gasteiger partial charge in [0.15, 0.2) is 0 Å². The predicted octanol–water partition coefficient (Wildman–Crippen LogP) is 13.8. The molecule has 6 aromatic rings. The molecule has 0 saturated carbocycles. The van der Waals surface area contributed by atoms with Gasteiger partial charge >= 0.3 is 0 Å². The summed E-state index contributed by atoms with van der Waals surface area (Å²) in [6, 6.07) is 26.7. The monoisotopic (exact) mass is 888 g/mol. The van der Waals surface area contributed by atoms with Gasteiger partial charge in [0.1, 0.15) is 0 Å². The van der Waals surface area contributed by atoms with Gasteiger partial charge in [0.2, 0.25) is 0 Å². The number of rotatable bonds is 4. The maximum Gasteiger partial charge on any atom is 0.0909 e. The largest absolute Gasteiger partial charge is 0.513 e. The van der Waals surface area contributed by atoms with Crippen molar-refractivity contribution in [1.29, 1.82) is 0 Å². The van der Waals surface area contributed by atoms with Crippen molar-refractivity contribution in [3.63, 3.8) is 0 Å². The Kier molecular flexibility index (Phi) is 11.3. The van der Waals surface area contributed by atoms with Crippen LogP contribution in [0.5, 0.6) is 0 Å². The molecule has 1 radical (unpaired) electrons. The van der Waals surface area contributed by atoms with Gasteiger partial charge in [0.25, 0.3) is 0 Å². The van der Waals surface area contributed by atoms with Crippen molar-refractivity contribution < 1.29 is 25.2 Å². The first-order valence-corrected chi connectivity index (χ1v) is 19.4. The summed E-state index contributed by atoms with van der Waals surface area (Å²) in [4.78, 5) is 9.36. The van der Waals surface area contributed by atoms with Crippen LogP contribution in [-0.4, -0.2) is 21.8 Å². The quantitative estimate of drug-likeness (QED) is 0.109. The number of aliphatic hydroxyl groups excluding tert-OH is 1. The summed E-state index contributed by atoms with van der Waals surface area (Å²) < 4.78 is 2.83. The number of aliphatic imine (C=N–C) groups is 1. The molecular formula is C47H55IrN2OS-. The Bertz CT molecular complexity index is 2330. The minimum absolute atomic E-state index is 0. The van der Waals surface area contributed by atoms with Crippen LogP contribution in [0.2, 0.25) is 0 Å². The van der Waals surface area contributed by atoms with Crippen LogP contribution in [0, 0.1) is 12.0 Å². The maximum atomic E-state index is 9.06. The third-order valence-corrected chi connectivity index (χ3v) is 11.7. The molecule has 0 atom stereocenters. The van der Waals surface area contributed by atoms with E-state index in [1.165, 1.54) is 60.3 Å². The Morgan fingerprint density at radius 3 is 2.23 bits per heavy atom. The van der Waals surface area contributed by atoms with Crippen molar-refractivity contribution in [1.82, 2.24) is 4.98 Å². The zero-order valence-corrected chi connectivity index (χ0v) is 36.3. The maximum absolute atomic E-state index is 9.06. The summed E-state index contributed by atoms with van der Waals surface area (Å²) in [7, 11) is 0. The Morgan fingerprint density at radius 1 is 0.885 bits per heavy atom. The average molecular weight is 888 g/mol. The topological polar surface area (TPSA) is 45.5 Å². The van der Waals surface area contributed by atoms with Crippen LogP contribution in [0.1, 0.15) is 113 Å². The summed E-state index contributed by atoms with van der Waals surface area (Å²) in [5.74, 6) is 0.692. The molecule has 0 bridgehead atoms. The second-order valence-corrected chi connectivity index (χ2v) is 18.5. The van der Waals surface area contributed by atoms with Gasteiger partial charge in [0, 0.05) is 63.9 Å². The fraction of sp³-hybridized carbons (Fsp3) is 0.404. The molecule has 1 N–H and O–H groups in total. The first-order valence-electron chi connectivity index (χ1n) is 18.6. The molecule has 0 aliphatic heterocycles. The van der Waals surface area contributed by atoms with E-state index in [0.717, 1.165) is 22.4 Å². The summed E-state index contributed by atoms with van der Waals surface area (Å²) in [5, 5.41) is 16.7. The number of hydrogen-bond donors (Lipinski definition) is 1. The van der Waals surface area contributed by atoms with E-state index in [2.05, 4.69) is 134 Å². The minimum atomic E-state index is 0. The molecule has 7 rings (SSSR count). The van der Waals surface area contributed by atoms with E-state index in [-0.39, 0.29) is 42.4 Å². The molecule has 2 heterocycles. The molecular weight excluding hydrogens is 833 g/mol. The molecule has 52 heavy (non-hydrogen) atoms. The van der Waals surface area contributed by atoms with Crippen molar-refractivity contribution >= 4 is 58.8 Å². The van der Waals surface area contributed by atoms with E-state index in [1.807, 2.05) is 31.4 Å². The number of aliphatic hydroxyl groups is 1. The summed E-state index contributed by atoms with van der Waals surface area (Å²) in [6.45, 7) is 26.4. The van der Waals surface area contributed by atoms with Crippen molar-refractivity contribution in [3.8, 4) is 11.3 Å². The molecule has 0 saturated heterocycles. The van der Waals surface area contributed by atoms with Crippen LogP contribution in [0.25, 0.3) is 53.0 Å². The van der Waals surface area contributed by atoms with Gasteiger partial charge in [-0.25, -0.2) is 0 Å². The minimum Gasteiger partial charge on any atom is -0.513 e. The van der Waals surface area contributed by atoms with Crippen LogP contribution in [0.3, 0.4) is 0 Å². The van der Waals surface area contributed by atoms with Gasteiger partial charge in [-0.3, -0.25) is 9.98 Å². The molecule has 0 unspecified atom stereocenters. The van der Waals surface area contributed by atoms with E-state index in [4.69, 9.17) is 10.1 Å². The van der Waals surface area contributed by atoms with Crippen LogP contribution < -0.4 is 0 Å². The molecule has 2 aromatic heterocycles. The Labute approximate surface area is 329 Å². The fourth-order valence-electron chi connectivity index (χ4n) is 7.68. The third-order valence-electron chi connectivity index (χ3n) is 10.5. The molecule has 3 nitrogen and oxygen atoms in total. The number of thiophene rings is 1. The Morgan fingerprint density at radius 2 is 1.58 bits per heavy atom. The van der Waals surface area contributed by atoms with Crippen LogP contribution in [0.15, 0.2) is 83.7 Å². The summed E-state index contributed by atoms with van der Waals surface area (Å²) in [6.07, 6.45) is 6.15. The second kappa shape index (κ2) is 14.8. The van der Waals surface area contributed by atoms with E-state index >= 15 is 0 Å². The van der Waals surface area contributed by atoms with Gasteiger partial charge < -0.3 is 5.11 Å². The van der Waals surface area contributed by atoms with Crippen molar-refractivity contribution in [2.24, 2.45) is 10.9 Å². The van der Waals surface area contributed by atoms with Crippen molar-refractivity contribution in [3.05, 3.63) is 101 Å². The first kappa shape index (κ1) is 39.8. The number of fused-ring (bicyclic) bond motifs is 7. The summed E-state index contributed by atoms with van der Waals surface area (Å²) in [5.41, 5.74) is 7.91. The second-order valence-electron chi connectivity index (χ2n) is 17.4. The Balaban J connectivity index is 0.000000349. The fourth-order valence-corrected chi connectivity index (χ4v) is 9.15. The third kappa shape index (κ3) is 7.79. The summed E-state index contributed by atoms with van der Waals surface area (Å²) >= 11 is 1.98. The van der Waals surface area contributed by atoms with Gasteiger partial charge in [-0.05, 0) is 95.9 Å². The van der Waals surface area contributed by atoms with Crippen molar-refractivity contribution in [2.75, 3.05) is 0 Å². The number of nitrogens with zero attached hydrogens (tertiary/aromatic N) is 2. The zero-order valence-electron chi connectivity index (χ0n) is 33.1. The SMILES string of the molecule is C/C(O)=C/C(=NC(C)C)C(C)C.CC(C)(C)c1cc(-c2nccc3cc4sc5c6c(ccc5c4cc23)C(C)(C)CCC6(C)C)[c-]c2ccccc12.[Ir]. The van der Waals surface area contributed by atoms with Crippen LogP contribution in [-0.2, 0) is 36.4 Å².